The average Bonchev–Trinajstić information content (AvgIpc) is 2.83. The van der Waals surface area contributed by atoms with Gasteiger partial charge in [-0.1, -0.05) is 20.8 Å². The Labute approximate surface area is 130 Å². The van der Waals surface area contributed by atoms with E-state index in [1.807, 2.05) is 11.3 Å². The molecule has 2 aromatic rings. The SMILES string of the molecule is CC(C)(C)c1cc2ncnc(N3CCNCC3)c2s1.Cl. The third-order valence-electron chi connectivity index (χ3n) is 3.45. The Morgan fingerprint density at radius 1 is 1.20 bits per heavy atom. The molecule has 1 aliphatic rings. The van der Waals surface area contributed by atoms with Crippen molar-refractivity contribution in [2.75, 3.05) is 31.1 Å². The maximum Gasteiger partial charge on any atom is 0.150 e. The van der Waals surface area contributed by atoms with Crippen LogP contribution in [0.5, 0.6) is 0 Å². The molecule has 0 unspecified atom stereocenters. The normalized spacial score (nSPS) is 16.2. The molecule has 4 nitrogen and oxygen atoms in total. The predicted octanol–water partition coefficient (Wildman–Crippen LogP) is 2.82. The molecule has 6 heteroatoms. The third kappa shape index (κ3) is 2.90. The number of thiophene rings is 1. The van der Waals surface area contributed by atoms with Gasteiger partial charge in [0.25, 0.3) is 0 Å². The molecule has 0 radical (unpaired) electrons. The number of piperazine rings is 1. The van der Waals surface area contributed by atoms with Crippen LogP contribution in [0, 0.1) is 0 Å². The largest absolute Gasteiger partial charge is 0.353 e. The summed E-state index contributed by atoms with van der Waals surface area (Å²) in [5.74, 6) is 1.10. The summed E-state index contributed by atoms with van der Waals surface area (Å²) in [5, 5.41) is 3.38. The van der Waals surface area contributed by atoms with E-state index in [1.54, 1.807) is 6.33 Å². The van der Waals surface area contributed by atoms with Gasteiger partial charge in [-0.2, -0.15) is 0 Å². The molecular weight excluding hydrogens is 292 g/mol. The Morgan fingerprint density at radius 2 is 1.90 bits per heavy atom. The minimum absolute atomic E-state index is 0. The van der Waals surface area contributed by atoms with Crippen LogP contribution in [0.2, 0.25) is 0 Å². The van der Waals surface area contributed by atoms with Crippen LogP contribution in [0.4, 0.5) is 5.82 Å². The van der Waals surface area contributed by atoms with Gasteiger partial charge < -0.3 is 10.2 Å². The van der Waals surface area contributed by atoms with E-state index in [2.05, 4.69) is 47.0 Å². The Hall–Kier alpha value is -0.910. The molecule has 110 valence electrons. The minimum atomic E-state index is 0. The summed E-state index contributed by atoms with van der Waals surface area (Å²) in [5.41, 5.74) is 1.25. The number of hydrogen-bond acceptors (Lipinski definition) is 5. The molecule has 2 aromatic heterocycles. The quantitative estimate of drug-likeness (QED) is 0.879. The highest BCUT2D eigenvalue weighted by atomic mass is 35.5. The van der Waals surface area contributed by atoms with Gasteiger partial charge in [-0.15, -0.1) is 23.7 Å². The van der Waals surface area contributed by atoms with Crippen molar-refractivity contribution in [2.24, 2.45) is 0 Å². The number of hydrogen-bond donors (Lipinski definition) is 1. The Morgan fingerprint density at radius 3 is 2.55 bits per heavy atom. The van der Waals surface area contributed by atoms with E-state index in [1.165, 1.54) is 9.58 Å². The van der Waals surface area contributed by atoms with E-state index < -0.39 is 0 Å². The Balaban J connectivity index is 0.00000147. The summed E-state index contributed by atoms with van der Waals surface area (Å²) in [7, 11) is 0. The van der Waals surface area contributed by atoms with Gasteiger partial charge in [0.1, 0.15) is 12.1 Å². The van der Waals surface area contributed by atoms with Gasteiger partial charge in [0.05, 0.1) is 10.2 Å². The number of rotatable bonds is 1. The van der Waals surface area contributed by atoms with E-state index in [-0.39, 0.29) is 17.8 Å². The van der Waals surface area contributed by atoms with Crippen LogP contribution in [0.25, 0.3) is 10.2 Å². The van der Waals surface area contributed by atoms with Crippen LogP contribution in [-0.4, -0.2) is 36.1 Å². The number of fused-ring (bicyclic) bond motifs is 1. The fraction of sp³-hybridized carbons (Fsp3) is 0.571. The Bertz CT molecular complexity index is 584. The molecule has 1 fully saturated rings. The summed E-state index contributed by atoms with van der Waals surface area (Å²) in [4.78, 5) is 12.7. The number of anilines is 1. The van der Waals surface area contributed by atoms with Crippen molar-refractivity contribution in [3.8, 4) is 0 Å². The zero-order valence-electron chi connectivity index (χ0n) is 12.1. The molecule has 20 heavy (non-hydrogen) atoms. The van der Waals surface area contributed by atoms with Gasteiger partial charge in [0.15, 0.2) is 0 Å². The number of nitrogens with zero attached hydrogens (tertiary/aromatic N) is 3. The predicted molar refractivity (Wildman–Crippen MR) is 88.4 cm³/mol. The second-order valence-electron chi connectivity index (χ2n) is 6.01. The first kappa shape index (κ1) is 15.5. The number of halogens is 1. The summed E-state index contributed by atoms with van der Waals surface area (Å²) in [6.45, 7) is 10.8. The first-order valence-corrected chi connectivity index (χ1v) is 7.58. The molecule has 3 rings (SSSR count). The molecule has 0 aromatic carbocycles. The van der Waals surface area contributed by atoms with Crippen molar-refractivity contribution < 1.29 is 0 Å². The van der Waals surface area contributed by atoms with Gasteiger partial charge in [0, 0.05) is 31.1 Å². The van der Waals surface area contributed by atoms with Crippen LogP contribution >= 0.6 is 23.7 Å². The molecule has 1 N–H and O–H groups in total. The standard InChI is InChI=1S/C14H20N4S.ClH/c1-14(2,3)11-8-10-12(19-11)13(17-9-16-10)18-6-4-15-5-7-18;/h8-9,15H,4-7H2,1-3H3;1H. The Kier molecular flexibility index (Phi) is 4.52. The first-order chi connectivity index (χ1) is 9.05. The third-order valence-corrected chi connectivity index (χ3v) is 4.99. The van der Waals surface area contributed by atoms with Crippen LogP contribution in [0.3, 0.4) is 0 Å². The van der Waals surface area contributed by atoms with E-state index in [9.17, 15) is 0 Å². The molecule has 0 amide bonds. The molecule has 0 saturated carbocycles. The second-order valence-corrected chi connectivity index (χ2v) is 7.06. The van der Waals surface area contributed by atoms with E-state index in [0.717, 1.165) is 37.5 Å². The molecule has 3 heterocycles. The van der Waals surface area contributed by atoms with Crippen LogP contribution in [0.1, 0.15) is 25.6 Å². The number of nitrogens with one attached hydrogen (secondary N) is 1. The molecule has 0 atom stereocenters. The highest BCUT2D eigenvalue weighted by molar-refractivity contribution is 7.19. The van der Waals surface area contributed by atoms with Gasteiger partial charge in [-0.05, 0) is 11.5 Å². The lowest BCUT2D eigenvalue weighted by molar-refractivity contribution is 0.586. The van der Waals surface area contributed by atoms with Gasteiger partial charge in [0.2, 0.25) is 0 Å². The highest BCUT2D eigenvalue weighted by Gasteiger charge is 2.21. The smallest absolute Gasteiger partial charge is 0.150 e. The molecule has 0 bridgehead atoms. The lowest BCUT2D eigenvalue weighted by atomic mass is 9.95. The van der Waals surface area contributed by atoms with E-state index >= 15 is 0 Å². The summed E-state index contributed by atoms with van der Waals surface area (Å²) >= 11 is 1.84. The molecule has 1 saturated heterocycles. The van der Waals surface area contributed by atoms with Crippen molar-refractivity contribution in [3.63, 3.8) is 0 Å². The maximum atomic E-state index is 4.52. The van der Waals surface area contributed by atoms with Gasteiger partial charge in [-0.3, -0.25) is 0 Å². The van der Waals surface area contributed by atoms with Crippen molar-refractivity contribution in [1.29, 1.82) is 0 Å². The number of aromatic nitrogens is 2. The van der Waals surface area contributed by atoms with Crippen molar-refractivity contribution in [3.05, 3.63) is 17.3 Å². The van der Waals surface area contributed by atoms with E-state index in [4.69, 9.17) is 0 Å². The first-order valence-electron chi connectivity index (χ1n) is 6.76. The summed E-state index contributed by atoms with van der Waals surface area (Å²) in [6.07, 6.45) is 1.69. The maximum absolute atomic E-state index is 4.52. The topological polar surface area (TPSA) is 41.1 Å². The van der Waals surface area contributed by atoms with Gasteiger partial charge >= 0.3 is 0 Å². The molecule has 1 aliphatic heterocycles. The van der Waals surface area contributed by atoms with Crippen LogP contribution < -0.4 is 10.2 Å². The summed E-state index contributed by atoms with van der Waals surface area (Å²) in [6, 6.07) is 2.22. The summed E-state index contributed by atoms with van der Waals surface area (Å²) < 4.78 is 1.23. The zero-order chi connectivity index (χ0) is 13.5. The van der Waals surface area contributed by atoms with E-state index in [0.29, 0.717) is 0 Å². The highest BCUT2D eigenvalue weighted by Crippen LogP contribution is 2.37. The van der Waals surface area contributed by atoms with Crippen LogP contribution in [0.15, 0.2) is 12.4 Å². The molecular formula is C14H21ClN4S. The minimum Gasteiger partial charge on any atom is -0.353 e. The fourth-order valence-electron chi connectivity index (χ4n) is 2.31. The zero-order valence-corrected chi connectivity index (χ0v) is 13.8. The van der Waals surface area contributed by atoms with Gasteiger partial charge in [-0.25, -0.2) is 9.97 Å². The average molecular weight is 313 g/mol. The molecule has 0 spiro atoms. The molecule has 0 aliphatic carbocycles. The second kappa shape index (κ2) is 5.84. The monoisotopic (exact) mass is 312 g/mol. The lowest BCUT2D eigenvalue weighted by Gasteiger charge is -2.28. The lowest BCUT2D eigenvalue weighted by Crippen LogP contribution is -2.43. The van der Waals surface area contributed by atoms with Crippen LogP contribution in [-0.2, 0) is 5.41 Å². The van der Waals surface area contributed by atoms with Crippen molar-refractivity contribution in [2.45, 2.75) is 26.2 Å². The van der Waals surface area contributed by atoms with Crippen molar-refractivity contribution in [1.82, 2.24) is 15.3 Å². The fourth-order valence-corrected chi connectivity index (χ4v) is 3.50. The van der Waals surface area contributed by atoms with Crippen molar-refractivity contribution >= 4 is 39.8 Å².